The first kappa shape index (κ1) is 29.2. The van der Waals surface area contributed by atoms with E-state index in [-0.39, 0.29) is 16.5 Å². The van der Waals surface area contributed by atoms with Gasteiger partial charge in [-0.05, 0) is 47.5 Å². The molecule has 2 aliphatic rings. The second-order valence-electron chi connectivity index (χ2n) is 11.3. The van der Waals surface area contributed by atoms with Gasteiger partial charge in [0.05, 0.1) is 22.0 Å². The Labute approximate surface area is 270 Å². The van der Waals surface area contributed by atoms with Crippen molar-refractivity contribution in [3.8, 4) is 0 Å². The van der Waals surface area contributed by atoms with Gasteiger partial charge in [-0.15, -0.1) is 0 Å². The Hall–Kier alpha value is -5.54. The zero-order chi connectivity index (χ0) is 31.8. The maximum atomic E-state index is 14.0. The highest BCUT2D eigenvalue weighted by molar-refractivity contribution is 8.17. The molecular formula is C37H29N5O3S. The average Bonchev–Trinajstić information content (AvgIpc) is 3.50. The molecule has 0 fully saturated rings. The summed E-state index contributed by atoms with van der Waals surface area (Å²) in [5, 5.41) is 25.8. The van der Waals surface area contributed by atoms with Crippen LogP contribution in [-0.2, 0) is 4.99 Å². The van der Waals surface area contributed by atoms with Gasteiger partial charge in [0.2, 0.25) is 10.8 Å². The van der Waals surface area contributed by atoms with Crippen molar-refractivity contribution in [2.45, 2.75) is 24.8 Å². The molecule has 9 heteroatoms. The highest BCUT2D eigenvalue weighted by Crippen LogP contribution is 2.55. The first-order chi connectivity index (χ1) is 22.4. The zero-order valence-corrected chi connectivity index (χ0v) is 26.0. The summed E-state index contributed by atoms with van der Waals surface area (Å²) in [4.78, 5) is 23.9. The number of benzene rings is 5. The summed E-state index contributed by atoms with van der Waals surface area (Å²) in [6.07, 6.45) is 0. The molecule has 2 heterocycles. The second-order valence-corrected chi connectivity index (χ2v) is 12.5. The number of carbonyl (C=O) groups excluding carboxylic acids is 1. The Kier molecular flexibility index (Phi) is 7.46. The van der Waals surface area contributed by atoms with Gasteiger partial charge in [0.25, 0.3) is 5.69 Å². The molecular weight excluding hydrogens is 595 g/mol. The molecule has 0 saturated carbocycles. The van der Waals surface area contributed by atoms with Crippen LogP contribution < -0.4 is 10.0 Å². The quantitative estimate of drug-likeness (QED) is 0.103. The Morgan fingerprint density at radius 1 is 0.739 bits per heavy atom. The Morgan fingerprint density at radius 3 is 1.98 bits per heavy atom. The maximum absolute atomic E-state index is 14.0. The Balaban J connectivity index is 1.47. The van der Waals surface area contributed by atoms with Crippen LogP contribution in [0.3, 0.4) is 0 Å². The number of carbonyl (C=O) groups is 1. The number of thioether (sulfide) groups is 1. The van der Waals surface area contributed by atoms with E-state index in [1.165, 1.54) is 29.5 Å². The number of hydrogen-bond donors (Lipinski definition) is 0. The minimum atomic E-state index is -1.19. The predicted molar refractivity (Wildman–Crippen MR) is 185 cm³/mol. The van der Waals surface area contributed by atoms with Crippen LogP contribution in [0.4, 0.5) is 17.1 Å². The lowest BCUT2D eigenvalue weighted by molar-refractivity contribution is -0.384. The number of fused-ring (bicyclic) bond motifs is 2. The van der Waals surface area contributed by atoms with Gasteiger partial charge in [-0.1, -0.05) is 111 Å². The van der Waals surface area contributed by atoms with Crippen molar-refractivity contribution in [1.29, 1.82) is 0 Å². The van der Waals surface area contributed by atoms with E-state index in [1.807, 2.05) is 77.8 Å². The van der Waals surface area contributed by atoms with Gasteiger partial charge < -0.3 is 0 Å². The van der Waals surface area contributed by atoms with Crippen molar-refractivity contribution in [3.63, 3.8) is 0 Å². The molecule has 5 aromatic rings. The molecule has 0 bridgehead atoms. The minimum absolute atomic E-state index is 0.0386. The number of anilines is 2. The maximum Gasteiger partial charge on any atom is 0.269 e. The summed E-state index contributed by atoms with van der Waals surface area (Å²) >= 11 is 1.31. The van der Waals surface area contributed by atoms with Crippen molar-refractivity contribution in [2.75, 3.05) is 10.0 Å². The van der Waals surface area contributed by atoms with Gasteiger partial charge in [0, 0.05) is 34.4 Å². The monoisotopic (exact) mass is 623 g/mol. The third kappa shape index (κ3) is 4.95. The molecule has 46 heavy (non-hydrogen) atoms. The third-order valence-electron chi connectivity index (χ3n) is 8.12. The summed E-state index contributed by atoms with van der Waals surface area (Å²) in [6.45, 7) is 4.34. The SMILES string of the molecule is CC(C)c1ccc(C2=NN(c3ccccc3)[C@]3(SC(C(=O)c4ccccc4)=NN3c3ccc([N+](=O)[O-])cc3)c3ccccc32)cc1. The zero-order valence-electron chi connectivity index (χ0n) is 25.1. The number of hydrogen-bond acceptors (Lipinski definition) is 8. The first-order valence-electron chi connectivity index (χ1n) is 14.9. The van der Waals surface area contributed by atoms with Crippen molar-refractivity contribution in [3.05, 3.63) is 171 Å². The smallest absolute Gasteiger partial charge is 0.269 e. The number of para-hydroxylation sites is 1. The molecule has 7 rings (SSSR count). The molecule has 0 saturated heterocycles. The Morgan fingerprint density at radius 2 is 1.33 bits per heavy atom. The molecule has 0 amide bonds. The first-order valence-corrected chi connectivity index (χ1v) is 15.7. The molecule has 226 valence electrons. The average molecular weight is 624 g/mol. The van der Waals surface area contributed by atoms with E-state index in [0.29, 0.717) is 17.2 Å². The van der Waals surface area contributed by atoms with Crippen LogP contribution in [0.15, 0.2) is 144 Å². The Bertz CT molecular complexity index is 2000. The van der Waals surface area contributed by atoms with Crippen LogP contribution in [-0.4, -0.2) is 21.5 Å². The largest absolute Gasteiger partial charge is 0.286 e. The van der Waals surface area contributed by atoms with Crippen LogP contribution in [0.1, 0.15) is 52.4 Å². The van der Waals surface area contributed by atoms with E-state index in [1.54, 1.807) is 29.3 Å². The van der Waals surface area contributed by atoms with Gasteiger partial charge in [-0.25, -0.2) is 10.0 Å². The van der Waals surface area contributed by atoms with Gasteiger partial charge in [0.1, 0.15) is 0 Å². The molecule has 5 aromatic carbocycles. The molecule has 0 N–H and O–H groups in total. The van der Waals surface area contributed by atoms with E-state index >= 15 is 0 Å². The molecule has 1 atom stereocenters. The standard InChI is InChI=1S/C37H29N5O3S/c1-25(2)26-17-19-27(20-18-26)34-32-15-9-10-16-33(32)37(40(38-34)29-13-7-4-8-14-29)41(30-21-23-31(24-22-30)42(44)45)39-36(46-37)35(43)28-11-5-3-6-12-28/h3-25H,1-2H3/t37-/m1/s1. The number of hydrazone groups is 2. The van der Waals surface area contributed by atoms with Gasteiger partial charge in [-0.2, -0.15) is 10.2 Å². The molecule has 2 aliphatic heterocycles. The van der Waals surface area contributed by atoms with E-state index in [9.17, 15) is 14.9 Å². The predicted octanol–water partition coefficient (Wildman–Crippen LogP) is 8.55. The van der Waals surface area contributed by atoms with Gasteiger partial charge in [-0.3, -0.25) is 14.9 Å². The summed E-state index contributed by atoms with van der Waals surface area (Å²) in [5.74, 6) is 0.167. The second kappa shape index (κ2) is 11.8. The van der Waals surface area contributed by atoms with Crippen molar-refractivity contribution >= 4 is 45.4 Å². The molecule has 0 aliphatic carbocycles. The third-order valence-corrected chi connectivity index (χ3v) is 9.43. The fourth-order valence-electron chi connectivity index (χ4n) is 5.76. The van der Waals surface area contributed by atoms with Crippen molar-refractivity contribution in [1.82, 2.24) is 0 Å². The number of Topliss-reactive ketones (excluding diaryl/α,β-unsaturated/α-hetero) is 1. The number of nitro benzene ring substituents is 1. The number of nitrogens with zero attached hydrogens (tertiary/aromatic N) is 5. The topological polar surface area (TPSA) is 91.4 Å². The summed E-state index contributed by atoms with van der Waals surface area (Å²) in [7, 11) is 0. The van der Waals surface area contributed by atoms with Crippen molar-refractivity contribution < 1.29 is 9.72 Å². The number of non-ortho nitro benzene ring substituents is 1. The van der Waals surface area contributed by atoms with E-state index in [4.69, 9.17) is 10.2 Å². The lowest BCUT2D eigenvalue weighted by Crippen LogP contribution is -2.54. The molecule has 0 radical (unpaired) electrons. The van der Waals surface area contributed by atoms with Crippen molar-refractivity contribution in [2.24, 2.45) is 10.2 Å². The normalized spacial score (nSPS) is 17.1. The molecule has 8 nitrogen and oxygen atoms in total. The lowest BCUT2D eigenvalue weighted by Gasteiger charge is -2.47. The molecule has 0 aromatic heterocycles. The minimum Gasteiger partial charge on any atom is -0.286 e. The molecule has 0 unspecified atom stereocenters. The lowest BCUT2D eigenvalue weighted by atomic mass is 9.92. The number of ketones is 1. The number of rotatable bonds is 7. The van der Waals surface area contributed by atoms with Crippen LogP contribution in [0.25, 0.3) is 0 Å². The summed E-state index contributed by atoms with van der Waals surface area (Å²) in [5.41, 5.74) is 6.59. The van der Waals surface area contributed by atoms with Crippen LogP contribution in [0.2, 0.25) is 0 Å². The summed E-state index contributed by atoms with van der Waals surface area (Å²) in [6, 6.07) is 41.6. The van der Waals surface area contributed by atoms with E-state index < -0.39 is 9.92 Å². The molecule has 1 spiro atoms. The fraction of sp³-hybridized carbons (Fsp3) is 0.108. The highest BCUT2D eigenvalue weighted by Gasteiger charge is 2.56. The number of nitro groups is 1. The van der Waals surface area contributed by atoms with Crippen LogP contribution in [0, 0.1) is 10.1 Å². The van der Waals surface area contributed by atoms with E-state index in [2.05, 4.69) is 38.1 Å². The highest BCUT2D eigenvalue weighted by atomic mass is 32.2. The van der Waals surface area contributed by atoms with Crippen LogP contribution in [0.5, 0.6) is 0 Å². The summed E-state index contributed by atoms with van der Waals surface area (Å²) < 4.78 is 0. The van der Waals surface area contributed by atoms with Crippen LogP contribution >= 0.6 is 11.8 Å². The van der Waals surface area contributed by atoms with E-state index in [0.717, 1.165) is 28.1 Å². The fourth-order valence-corrected chi connectivity index (χ4v) is 7.12. The van der Waals surface area contributed by atoms with Gasteiger partial charge in [0.15, 0.2) is 5.04 Å². The van der Waals surface area contributed by atoms with Gasteiger partial charge >= 0.3 is 0 Å².